The topological polar surface area (TPSA) is 35.5 Å². The third kappa shape index (κ3) is 14.1. The zero-order valence-corrected chi connectivity index (χ0v) is 25.8. The van der Waals surface area contributed by atoms with Gasteiger partial charge in [-0.25, -0.2) is 0 Å². The molecule has 0 N–H and O–H groups in total. The fourth-order valence-corrected chi connectivity index (χ4v) is 7.48. The molecule has 0 heterocycles. The largest absolute Gasteiger partial charge is 0.494 e. The molecule has 0 amide bonds. The van der Waals surface area contributed by atoms with Crippen molar-refractivity contribution in [2.24, 2.45) is 0 Å². The summed E-state index contributed by atoms with van der Waals surface area (Å²) < 4.78 is 11.8. The predicted octanol–water partition coefficient (Wildman–Crippen LogP) is 7.25. The Hall–Kier alpha value is -0.190. The van der Waals surface area contributed by atoms with Crippen LogP contribution in [-0.2, 0) is 0 Å². The van der Waals surface area contributed by atoms with Gasteiger partial charge in [-0.15, -0.1) is 0 Å². The highest BCUT2D eigenvalue weighted by atomic mass is 32.2. The number of hydrogen-bond acceptors (Lipinski definition) is 9. The maximum atomic E-state index is 13.1. The van der Waals surface area contributed by atoms with Crippen molar-refractivity contribution in [3.05, 3.63) is 59.7 Å². The molecule has 0 aliphatic rings. The van der Waals surface area contributed by atoms with E-state index in [1.165, 1.54) is 17.3 Å². The SMILES string of the molecule is O=C(c1ccc(OCCCSCCSCCS)cc1)c1ccccc1OCCCSCCSCCS. The molecule has 2 rings (SSSR count). The molecule has 0 aromatic heterocycles. The summed E-state index contributed by atoms with van der Waals surface area (Å²) in [6, 6.07) is 14.9. The molecule has 2 aromatic rings. The number of thioether (sulfide) groups is 4. The first-order chi connectivity index (χ1) is 17.8. The molecule has 0 spiro atoms. The highest BCUT2D eigenvalue weighted by Gasteiger charge is 2.14. The van der Waals surface area contributed by atoms with Gasteiger partial charge in [0.2, 0.25) is 0 Å². The van der Waals surface area contributed by atoms with E-state index in [0.29, 0.717) is 30.1 Å². The predicted molar refractivity (Wildman–Crippen MR) is 174 cm³/mol. The lowest BCUT2D eigenvalue weighted by atomic mass is 10.0. The fourth-order valence-electron chi connectivity index (χ4n) is 3.11. The van der Waals surface area contributed by atoms with Crippen LogP contribution in [0.15, 0.2) is 48.5 Å². The monoisotopic (exact) mass is 602 g/mol. The molecule has 3 nitrogen and oxygen atoms in total. The van der Waals surface area contributed by atoms with Crippen molar-refractivity contribution in [1.82, 2.24) is 0 Å². The number of para-hydroxylation sites is 1. The quantitative estimate of drug-likeness (QED) is 0.0835. The number of rotatable bonds is 22. The summed E-state index contributed by atoms with van der Waals surface area (Å²) in [5.41, 5.74) is 1.24. The Kier molecular flexibility index (Phi) is 19.3. The highest BCUT2D eigenvalue weighted by Crippen LogP contribution is 2.23. The van der Waals surface area contributed by atoms with Gasteiger partial charge in [0, 0.05) is 40.1 Å². The van der Waals surface area contributed by atoms with Crippen LogP contribution in [0.4, 0.5) is 0 Å². The van der Waals surface area contributed by atoms with E-state index in [1.807, 2.05) is 95.6 Å². The second-order valence-corrected chi connectivity index (χ2v) is 13.4. The lowest BCUT2D eigenvalue weighted by Gasteiger charge is -2.11. The van der Waals surface area contributed by atoms with E-state index in [-0.39, 0.29) is 5.78 Å². The number of carbonyl (C=O) groups excluding carboxylic acids is 1. The summed E-state index contributed by atoms with van der Waals surface area (Å²) in [6.45, 7) is 1.30. The molecule has 0 aliphatic heterocycles. The highest BCUT2D eigenvalue weighted by molar-refractivity contribution is 8.03. The zero-order valence-electron chi connectivity index (χ0n) is 20.8. The van der Waals surface area contributed by atoms with E-state index in [0.717, 1.165) is 58.9 Å². The summed E-state index contributed by atoms with van der Waals surface area (Å²) in [7, 11) is 0. The first-order valence-electron chi connectivity index (χ1n) is 12.3. The summed E-state index contributed by atoms with van der Waals surface area (Å²) >= 11 is 16.3. The molecule has 0 atom stereocenters. The van der Waals surface area contributed by atoms with E-state index in [2.05, 4.69) is 25.3 Å². The molecule has 9 heteroatoms. The van der Waals surface area contributed by atoms with Gasteiger partial charge < -0.3 is 9.47 Å². The van der Waals surface area contributed by atoms with Crippen LogP contribution in [-0.4, -0.2) is 76.5 Å². The number of benzene rings is 2. The van der Waals surface area contributed by atoms with E-state index in [9.17, 15) is 4.79 Å². The zero-order chi connectivity index (χ0) is 25.7. The maximum absolute atomic E-state index is 13.1. The lowest BCUT2D eigenvalue weighted by Crippen LogP contribution is -2.07. The fraction of sp³-hybridized carbons (Fsp3) is 0.519. The van der Waals surface area contributed by atoms with Crippen LogP contribution in [0, 0.1) is 0 Å². The minimum atomic E-state index is -0.0278. The van der Waals surface area contributed by atoms with Crippen LogP contribution < -0.4 is 9.47 Å². The standard InChI is InChI=1S/C27H38O3S6/c28-27(23-7-9-24(10-8-23)29-11-3-15-33-19-21-35-17-13-31)25-5-1-2-6-26(25)30-12-4-16-34-20-22-36-18-14-32/h1-2,5-10,31-32H,3-4,11-22H2. The maximum Gasteiger partial charge on any atom is 0.196 e. The first kappa shape index (κ1) is 32.0. The summed E-state index contributed by atoms with van der Waals surface area (Å²) in [5.74, 6) is 12.4. The first-order valence-corrected chi connectivity index (χ1v) is 18.2. The Morgan fingerprint density at radius 3 is 1.75 bits per heavy atom. The Morgan fingerprint density at radius 1 is 0.639 bits per heavy atom. The number of carbonyl (C=O) groups is 1. The molecular weight excluding hydrogens is 565 g/mol. The van der Waals surface area contributed by atoms with Gasteiger partial charge in [-0.1, -0.05) is 12.1 Å². The van der Waals surface area contributed by atoms with Crippen molar-refractivity contribution in [3.8, 4) is 11.5 Å². The summed E-state index contributed by atoms with van der Waals surface area (Å²) in [4.78, 5) is 13.1. The summed E-state index contributed by atoms with van der Waals surface area (Å²) in [5, 5.41) is 0. The van der Waals surface area contributed by atoms with E-state index in [1.54, 1.807) is 0 Å². The second kappa shape index (κ2) is 21.7. The Bertz CT molecular complexity index is 835. The Labute approximate surface area is 245 Å². The molecule has 0 unspecified atom stereocenters. The average molecular weight is 603 g/mol. The van der Waals surface area contributed by atoms with Gasteiger partial charge in [0.1, 0.15) is 11.5 Å². The third-order valence-corrected chi connectivity index (χ3v) is 10.5. The van der Waals surface area contributed by atoms with E-state index in [4.69, 9.17) is 9.47 Å². The van der Waals surface area contributed by atoms with Crippen LogP contribution >= 0.6 is 72.3 Å². The second-order valence-electron chi connectivity index (χ2n) is 7.65. The van der Waals surface area contributed by atoms with E-state index < -0.39 is 0 Å². The van der Waals surface area contributed by atoms with Crippen molar-refractivity contribution in [2.45, 2.75) is 12.8 Å². The third-order valence-electron chi connectivity index (χ3n) is 4.86. The minimum Gasteiger partial charge on any atom is -0.494 e. The Morgan fingerprint density at radius 2 is 1.17 bits per heavy atom. The van der Waals surface area contributed by atoms with E-state index >= 15 is 0 Å². The molecule has 0 saturated heterocycles. The molecule has 0 aliphatic carbocycles. The molecule has 2 aromatic carbocycles. The van der Waals surface area contributed by atoms with Gasteiger partial charge in [0.25, 0.3) is 0 Å². The van der Waals surface area contributed by atoms with Crippen LogP contribution in [0.5, 0.6) is 11.5 Å². The normalized spacial score (nSPS) is 10.9. The van der Waals surface area contributed by atoms with Gasteiger partial charge >= 0.3 is 0 Å². The number of thiol groups is 2. The lowest BCUT2D eigenvalue weighted by molar-refractivity contribution is 0.103. The molecule has 0 fully saturated rings. The van der Waals surface area contributed by atoms with Crippen LogP contribution in [0.3, 0.4) is 0 Å². The van der Waals surface area contributed by atoms with Gasteiger partial charge in [-0.3, -0.25) is 4.79 Å². The van der Waals surface area contributed by atoms with Crippen molar-refractivity contribution in [1.29, 1.82) is 0 Å². The van der Waals surface area contributed by atoms with Crippen LogP contribution in [0.25, 0.3) is 0 Å². The van der Waals surface area contributed by atoms with Crippen LogP contribution in [0.1, 0.15) is 28.8 Å². The molecule has 0 radical (unpaired) electrons. The smallest absolute Gasteiger partial charge is 0.196 e. The molecular formula is C27H38O3S6. The van der Waals surface area contributed by atoms with Gasteiger partial charge in [-0.2, -0.15) is 72.3 Å². The molecule has 36 heavy (non-hydrogen) atoms. The van der Waals surface area contributed by atoms with Crippen molar-refractivity contribution in [2.75, 3.05) is 70.7 Å². The molecule has 200 valence electrons. The van der Waals surface area contributed by atoms with Gasteiger partial charge in [0.15, 0.2) is 5.78 Å². The van der Waals surface area contributed by atoms with Crippen LogP contribution in [0.2, 0.25) is 0 Å². The Balaban J connectivity index is 1.70. The average Bonchev–Trinajstić information content (AvgIpc) is 2.91. The van der Waals surface area contributed by atoms with Crippen molar-refractivity contribution >= 4 is 78.1 Å². The molecule has 0 bridgehead atoms. The number of ether oxygens (including phenoxy) is 2. The van der Waals surface area contributed by atoms with Crippen molar-refractivity contribution in [3.63, 3.8) is 0 Å². The van der Waals surface area contributed by atoms with Gasteiger partial charge in [-0.05, 0) is 72.3 Å². The minimum absolute atomic E-state index is 0.0278. The van der Waals surface area contributed by atoms with Crippen molar-refractivity contribution < 1.29 is 14.3 Å². The number of hydrogen-bond donors (Lipinski definition) is 2. The number of ketones is 1. The van der Waals surface area contributed by atoms with Gasteiger partial charge in [0.05, 0.1) is 18.8 Å². The molecule has 0 saturated carbocycles. The summed E-state index contributed by atoms with van der Waals surface area (Å²) in [6.07, 6.45) is 1.98.